The van der Waals surface area contributed by atoms with Gasteiger partial charge in [0.1, 0.15) is 0 Å². The zero-order chi connectivity index (χ0) is 7.28. The normalized spacial score (nSPS) is 7.30. The Labute approximate surface area is 65.4 Å². The van der Waals surface area contributed by atoms with Gasteiger partial charge < -0.3 is 16.2 Å². The van der Waals surface area contributed by atoms with Crippen molar-refractivity contribution in [3.05, 3.63) is 0 Å². The van der Waals surface area contributed by atoms with Crippen molar-refractivity contribution in [1.29, 1.82) is 5.41 Å². The predicted molar refractivity (Wildman–Crippen MR) is 42.4 cm³/mol. The summed E-state index contributed by atoms with van der Waals surface area (Å²) in [5.74, 6) is -0.159. The third-order valence-corrected chi connectivity index (χ3v) is 0.512. The number of amidine groups is 1. The number of guanidine groups is 1. The highest BCUT2D eigenvalue weighted by Gasteiger charge is 1.89. The summed E-state index contributed by atoms with van der Waals surface area (Å²) >= 11 is 0. The van der Waals surface area contributed by atoms with Gasteiger partial charge in [-0.25, -0.2) is 5.41 Å². The molecule has 0 aliphatic carbocycles. The van der Waals surface area contributed by atoms with Crippen molar-refractivity contribution in [3.8, 4) is 0 Å². The van der Waals surface area contributed by atoms with E-state index in [1.807, 2.05) is 0 Å². The molecular formula is C4H11ClN4O. The average molecular weight is 167 g/mol. The molecule has 0 aliphatic rings. The molecule has 0 unspecified atom stereocenters. The quantitative estimate of drug-likeness (QED) is 0.367. The zero-order valence-electron chi connectivity index (χ0n) is 5.63. The van der Waals surface area contributed by atoms with Crippen molar-refractivity contribution in [1.82, 2.24) is 0 Å². The van der Waals surface area contributed by atoms with E-state index in [9.17, 15) is 0 Å². The smallest absolute Gasteiger partial charge is 0.311 e. The van der Waals surface area contributed by atoms with Crippen molar-refractivity contribution in [2.24, 2.45) is 16.5 Å². The highest BCUT2D eigenvalue weighted by Crippen LogP contribution is 1.77. The van der Waals surface area contributed by atoms with Gasteiger partial charge in [0.2, 0.25) is 0 Å². The maximum Gasteiger partial charge on any atom is 0.311 e. The molecule has 0 radical (unpaired) electrons. The van der Waals surface area contributed by atoms with Gasteiger partial charge in [-0.05, 0) is 6.92 Å². The second kappa shape index (κ2) is 6.15. The Morgan fingerprint density at radius 3 is 2.40 bits per heavy atom. The van der Waals surface area contributed by atoms with Crippen LogP contribution in [0.25, 0.3) is 0 Å². The van der Waals surface area contributed by atoms with Crippen LogP contribution < -0.4 is 11.5 Å². The van der Waals surface area contributed by atoms with Crippen molar-refractivity contribution in [3.63, 3.8) is 0 Å². The molecule has 10 heavy (non-hydrogen) atoms. The molecule has 0 atom stereocenters. The predicted octanol–water partition coefficient (Wildman–Crippen LogP) is -0.347. The molecule has 0 aromatic heterocycles. The molecule has 0 aliphatic heterocycles. The van der Waals surface area contributed by atoms with E-state index in [0.29, 0.717) is 6.61 Å². The van der Waals surface area contributed by atoms with Crippen LogP contribution in [-0.4, -0.2) is 18.6 Å². The Balaban J connectivity index is 0. The van der Waals surface area contributed by atoms with E-state index in [1.54, 1.807) is 6.92 Å². The van der Waals surface area contributed by atoms with Crippen LogP contribution in [-0.2, 0) is 4.74 Å². The molecule has 0 saturated heterocycles. The minimum Gasteiger partial charge on any atom is -0.464 e. The van der Waals surface area contributed by atoms with Gasteiger partial charge in [-0.2, -0.15) is 4.99 Å². The first-order chi connectivity index (χ1) is 4.16. The van der Waals surface area contributed by atoms with Crippen LogP contribution in [0.3, 0.4) is 0 Å². The Morgan fingerprint density at radius 2 is 2.10 bits per heavy atom. The van der Waals surface area contributed by atoms with Crippen LogP contribution in [0.1, 0.15) is 6.92 Å². The summed E-state index contributed by atoms with van der Waals surface area (Å²) in [4.78, 5) is 3.30. The van der Waals surface area contributed by atoms with Gasteiger partial charge in [-0.15, -0.1) is 12.4 Å². The van der Waals surface area contributed by atoms with Crippen LogP contribution in [0.4, 0.5) is 0 Å². The lowest BCUT2D eigenvalue weighted by Crippen LogP contribution is -2.24. The molecule has 0 aromatic carbocycles. The monoisotopic (exact) mass is 166 g/mol. The lowest BCUT2D eigenvalue weighted by atomic mass is 10.9. The maximum atomic E-state index is 6.85. The zero-order valence-corrected chi connectivity index (χ0v) is 6.44. The summed E-state index contributed by atoms with van der Waals surface area (Å²) in [5.41, 5.74) is 9.86. The van der Waals surface area contributed by atoms with E-state index in [-0.39, 0.29) is 24.4 Å². The third-order valence-electron chi connectivity index (χ3n) is 0.512. The van der Waals surface area contributed by atoms with Crippen LogP contribution in [0.5, 0.6) is 0 Å². The van der Waals surface area contributed by atoms with Gasteiger partial charge >= 0.3 is 6.02 Å². The molecule has 0 bridgehead atoms. The number of hydrogen-bond acceptors (Lipinski definition) is 2. The first kappa shape index (κ1) is 11.8. The lowest BCUT2D eigenvalue weighted by Gasteiger charge is -1.96. The molecule has 5 nitrogen and oxygen atoms in total. The second-order valence-electron chi connectivity index (χ2n) is 1.27. The number of halogens is 1. The summed E-state index contributed by atoms with van der Waals surface area (Å²) in [5, 5.41) is 6.85. The summed E-state index contributed by atoms with van der Waals surface area (Å²) in [7, 11) is 0. The first-order valence-corrected chi connectivity index (χ1v) is 2.47. The van der Waals surface area contributed by atoms with Crippen LogP contribution >= 0.6 is 12.4 Å². The van der Waals surface area contributed by atoms with Gasteiger partial charge in [0.05, 0.1) is 6.61 Å². The Hall–Kier alpha value is -0.970. The van der Waals surface area contributed by atoms with Crippen molar-refractivity contribution < 1.29 is 4.74 Å². The van der Waals surface area contributed by atoms with Crippen LogP contribution in [0.2, 0.25) is 0 Å². The Kier molecular flexibility index (Phi) is 7.25. The van der Waals surface area contributed by atoms with E-state index in [1.165, 1.54) is 0 Å². The van der Waals surface area contributed by atoms with E-state index in [4.69, 9.17) is 16.9 Å². The van der Waals surface area contributed by atoms with E-state index >= 15 is 0 Å². The SMILES string of the molecule is CCOC(=N)N=C(N)N.Cl. The molecule has 0 aromatic rings. The molecular weight excluding hydrogens is 156 g/mol. The molecule has 0 heterocycles. The topological polar surface area (TPSA) is 97.5 Å². The molecule has 0 saturated carbocycles. The van der Waals surface area contributed by atoms with Crippen LogP contribution in [0.15, 0.2) is 4.99 Å². The highest BCUT2D eigenvalue weighted by molar-refractivity contribution is 5.88. The third kappa shape index (κ3) is 7.03. The molecule has 0 rings (SSSR count). The minimum atomic E-state index is -0.252. The molecule has 6 heteroatoms. The van der Waals surface area contributed by atoms with Crippen molar-refractivity contribution >= 4 is 24.4 Å². The number of hydrogen-bond donors (Lipinski definition) is 3. The molecule has 0 amide bonds. The fourth-order valence-electron chi connectivity index (χ4n) is 0.286. The van der Waals surface area contributed by atoms with Gasteiger partial charge in [-0.3, -0.25) is 0 Å². The largest absolute Gasteiger partial charge is 0.464 e. The van der Waals surface area contributed by atoms with E-state index in [0.717, 1.165) is 0 Å². The number of rotatable bonds is 1. The fraction of sp³-hybridized carbons (Fsp3) is 0.500. The van der Waals surface area contributed by atoms with Gasteiger partial charge in [0.15, 0.2) is 5.96 Å². The minimum absolute atomic E-state index is 0. The summed E-state index contributed by atoms with van der Waals surface area (Å²) < 4.78 is 4.59. The summed E-state index contributed by atoms with van der Waals surface area (Å²) in [6.45, 7) is 2.15. The average Bonchev–Trinajstić information content (AvgIpc) is 1.63. The Bertz CT molecular complexity index is 131. The second-order valence-corrected chi connectivity index (χ2v) is 1.27. The fourth-order valence-corrected chi connectivity index (χ4v) is 0.286. The number of aliphatic imine (C=N–C) groups is 1. The summed E-state index contributed by atoms with van der Waals surface area (Å²) in [6, 6.07) is -0.252. The van der Waals surface area contributed by atoms with Crippen LogP contribution in [0, 0.1) is 5.41 Å². The number of ether oxygens (including phenoxy) is 1. The first-order valence-electron chi connectivity index (χ1n) is 2.47. The highest BCUT2D eigenvalue weighted by atomic mass is 35.5. The van der Waals surface area contributed by atoms with E-state index < -0.39 is 0 Å². The van der Waals surface area contributed by atoms with Gasteiger partial charge in [-0.1, -0.05) is 0 Å². The standard InChI is InChI=1S/C4H10N4O.ClH/c1-2-9-4(7)8-3(5)6;/h2H2,1H3,(H5,5,6,7,8);1H. The Morgan fingerprint density at radius 1 is 1.60 bits per heavy atom. The van der Waals surface area contributed by atoms with E-state index in [2.05, 4.69) is 9.73 Å². The van der Waals surface area contributed by atoms with Crippen molar-refractivity contribution in [2.45, 2.75) is 6.92 Å². The number of nitrogens with zero attached hydrogens (tertiary/aromatic N) is 1. The number of nitrogens with two attached hydrogens (primary N) is 2. The maximum absolute atomic E-state index is 6.85. The molecule has 0 fully saturated rings. The molecule has 5 N–H and O–H groups in total. The summed E-state index contributed by atoms with van der Waals surface area (Å²) in [6.07, 6.45) is 0. The van der Waals surface area contributed by atoms with Crippen molar-refractivity contribution in [2.75, 3.05) is 6.61 Å². The van der Waals surface area contributed by atoms with Gasteiger partial charge in [0.25, 0.3) is 0 Å². The number of nitrogens with one attached hydrogen (secondary N) is 1. The van der Waals surface area contributed by atoms with Gasteiger partial charge in [0, 0.05) is 0 Å². The lowest BCUT2D eigenvalue weighted by molar-refractivity contribution is 0.319. The molecule has 60 valence electrons. The molecule has 0 spiro atoms.